The molecule has 0 amide bonds. The highest BCUT2D eigenvalue weighted by molar-refractivity contribution is 7.16. The number of hydrogen-bond donors (Lipinski definition) is 2. The highest BCUT2D eigenvalue weighted by atomic mass is 35.5. The molecular formula is C29H34ClF4N7O2S. The number of anilines is 3. The molecule has 238 valence electrons. The van der Waals surface area contributed by atoms with E-state index in [-0.39, 0.29) is 29.7 Å². The van der Waals surface area contributed by atoms with Gasteiger partial charge in [0.15, 0.2) is 16.8 Å². The number of alkyl halides is 3. The zero-order chi connectivity index (χ0) is 31.6. The van der Waals surface area contributed by atoms with Gasteiger partial charge in [-0.1, -0.05) is 35.9 Å². The molecule has 0 spiro atoms. The van der Waals surface area contributed by atoms with Gasteiger partial charge < -0.3 is 15.3 Å². The van der Waals surface area contributed by atoms with Gasteiger partial charge in [-0.25, -0.2) is 15.0 Å². The molecule has 2 aliphatic heterocycles. The molecule has 5 rings (SSSR count). The second-order valence-corrected chi connectivity index (χ2v) is 12.6. The summed E-state index contributed by atoms with van der Waals surface area (Å²) in [6.45, 7) is 7.31. The minimum absolute atomic E-state index is 0.0172. The van der Waals surface area contributed by atoms with Crippen LogP contribution in [0.4, 0.5) is 34.3 Å². The molecule has 2 aliphatic rings. The average molecular weight is 656 g/mol. The first kappa shape index (κ1) is 32.3. The number of thiazole rings is 1. The van der Waals surface area contributed by atoms with Crippen molar-refractivity contribution in [2.45, 2.75) is 64.3 Å². The van der Waals surface area contributed by atoms with E-state index >= 15 is 4.39 Å². The van der Waals surface area contributed by atoms with E-state index in [1.54, 1.807) is 4.90 Å². The van der Waals surface area contributed by atoms with Crippen LogP contribution in [0.2, 0.25) is 5.02 Å². The highest BCUT2D eigenvalue weighted by Crippen LogP contribution is 2.40. The minimum atomic E-state index is -4.63. The van der Waals surface area contributed by atoms with Crippen LogP contribution in [0, 0.1) is 5.82 Å². The summed E-state index contributed by atoms with van der Waals surface area (Å²) in [6.07, 6.45) is -0.300. The van der Waals surface area contributed by atoms with Gasteiger partial charge in [0, 0.05) is 55.2 Å². The third-order valence-corrected chi connectivity index (χ3v) is 9.52. The zero-order valence-corrected chi connectivity index (χ0v) is 25.9. The Morgan fingerprint density at radius 3 is 2.70 bits per heavy atom. The molecule has 2 atom stereocenters. The standard InChI is InChI=1S/C29H34ClF4N7O2S/c1-3-19-5-4-9-40(19)15-22-25(18-6-7-21(30)20(13-18)29(32,33)34)37-28(44-22)38-26-24(31)27(36-16-35-26)41-12-11-39(17(2)14-41)10-8-23(42)43/h6-7,13,16-17,19H,3-5,8-12,14-15H2,1-2H3,(H,42,43)(H,35,36,37,38)/t17-,19+/m0/s1. The van der Waals surface area contributed by atoms with Crippen LogP contribution in [-0.4, -0.2) is 80.6 Å². The Hall–Kier alpha value is -3.07. The van der Waals surface area contributed by atoms with Gasteiger partial charge in [-0.3, -0.25) is 14.6 Å². The Morgan fingerprint density at radius 1 is 1.20 bits per heavy atom. The molecule has 9 nitrogen and oxygen atoms in total. The van der Waals surface area contributed by atoms with Crippen molar-refractivity contribution in [3.63, 3.8) is 0 Å². The van der Waals surface area contributed by atoms with Gasteiger partial charge in [-0.2, -0.15) is 17.6 Å². The van der Waals surface area contributed by atoms with Crippen LogP contribution in [0.1, 0.15) is 50.0 Å². The van der Waals surface area contributed by atoms with E-state index in [0.29, 0.717) is 49.6 Å². The van der Waals surface area contributed by atoms with Crippen LogP contribution in [0.25, 0.3) is 11.3 Å². The summed E-state index contributed by atoms with van der Waals surface area (Å²) in [7, 11) is 0. The molecule has 3 aromatic rings. The van der Waals surface area contributed by atoms with E-state index in [1.807, 2.05) is 11.8 Å². The lowest BCUT2D eigenvalue weighted by atomic mass is 10.1. The van der Waals surface area contributed by atoms with E-state index < -0.39 is 28.5 Å². The Kier molecular flexibility index (Phi) is 9.93. The molecular weight excluding hydrogens is 622 g/mol. The van der Waals surface area contributed by atoms with Crippen molar-refractivity contribution in [3.05, 3.63) is 45.8 Å². The van der Waals surface area contributed by atoms with Crippen LogP contribution < -0.4 is 10.2 Å². The van der Waals surface area contributed by atoms with Crippen LogP contribution in [-0.2, 0) is 17.5 Å². The summed E-state index contributed by atoms with van der Waals surface area (Å²) in [4.78, 5) is 30.8. The molecule has 0 bridgehead atoms. The maximum Gasteiger partial charge on any atom is 0.417 e. The van der Waals surface area contributed by atoms with Crippen LogP contribution in [0.15, 0.2) is 24.5 Å². The van der Waals surface area contributed by atoms with Crippen molar-refractivity contribution in [1.29, 1.82) is 0 Å². The number of halogens is 5. The molecule has 0 unspecified atom stereocenters. The molecule has 2 saturated heterocycles. The van der Waals surface area contributed by atoms with Crippen molar-refractivity contribution in [2.24, 2.45) is 0 Å². The second kappa shape index (κ2) is 13.5. The number of benzene rings is 1. The van der Waals surface area contributed by atoms with Crippen LogP contribution >= 0.6 is 22.9 Å². The number of nitrogens with zero attached hydrogens (tertiary/aromatic N) is 6. The molecule has 44 heavy (non-hydrogen) atoms. The lowest BCUT2D eigenvalue weighted by molar-refractivity contribution is -0.138. The predicted octanol–water partition coefficient (Wildman–Crippen LogP) is 6.51. The van der Waals surface area contributed by atoms with Gasteiger partial charge in [0.05, 0.1) is 22.7 Å². The van der Waals surface area contributed by atoms with Crippen molar-refractivity contribution in [1.82, 2.24) is 24.8 Å². The number of carbonyl (C=O) groups is 1. The lowest BCUT2D eigenvalue weighted by Gasteiger charge is -2.40. The number of rotatable bonds is 10. The molecule has 15 heteroatoms. The number of carboxylic acid groups (broad SMARTS) is 1. The summed E-state index contributed by atoms with van der Waals surface area (Å²) in [5, 5.41) is 11.9. The number of carboxylic acids is 1. The molecule has 0 aliphatic carbocycles. The Labute approximate surface area is 261 Å². The average Bonchev–Trinajstić information content (AvgIpc) is 3.59. The number of aromatic nitrogens is 3. The van der Waals surface area contributed by atoms with E-state index in [4.69, 9.17) is 16.7 Å². The molecule has 0 radical (unpaired) electrons. The Balaban J connectivity index is 1.42. The van der Waals surface area contributed by atoms with Crippen LogP contribution in [0.5, 0.6) is 0 Å². The lowest BCUT2D eigenvalue weighted by Crippen LogP contribution is -2.52. The van der Waals surface area contributed by atoms with Crippen molar-refractivity contribution in [2.75, 3.05) is 42.9 Å². The van der Waals surface area contributed by atoms with Gasteiger partial charge in [0.25, 0.3) is 0 Å². The van der Waals surface area contributed by atoms with Crippen molar-refractivity contribution >= 4 is 45.7 Å². The van der Waals surface area contributed by atoms with E-state index in [2.05, 4.69) is 32.1 Å². The predicted molar refractivity (Wildman–Crippen MR) is 162 cm³/mol. The fraction of sp³-hybridized carbons (Fsp3) is 0.517. The minimum Gasteiger partial charge on any atom is -0.481 e. The third kappa shape index (κ3) is 7.24. The number of aliphatic carboxylic acids is 1. The summed E-state index contributed by atoms with van der Waals surface area (Å²) in [6, 6.07) is 4.09. The van der Waals surface area contributed by atoms with E-state index in [9.17, 15) is 18.0 Å². The highest BCUT2D eigenvalue weighted by Gasteiger charge is 2.34. The smallest absolute Gasteiger partial charge is 0.417 e. The Morgan fingerprint density at radius 2 is 2.00 bits per heavy atom. The molecule has 2 fully saturated rings. The van der Waals surface area contributed by atoms with Crippen molar-refractivity contribution in [3.8, 4) is 11.3 Å². The Bertz CT molecular complexity index is 1490. The molecule has 4 heterocycles. The topological polar surface area (TPSA) is 97.7 Å². The summed E-state index contributed by atoms with van der Waals surface area (Å²) >= 11 is 7.14. The maximum atomic E-state index is 15.8. The number of nitrogens with one attached hydrogen (secondary N) is 1. The summed E-state index contributed by atoms with van der Waals surface area (Å²) in [5.41, 5.74) is -0.296. The first-order valence-electron chi connectivity index (χ1n) is 14.5. The molecule has 2 aromatic heterocycles. The van der Waals surface area contributed by atoms with Gasteiger partial charge in [-0.15, -0.1) is 0 Å². The third-order valence-electron chi connectivity index (χ3n) is 8.23. The fourth-order valence-electron chi connectivity index (χ4n) is 5.91. The van der Waals surface area contributed by atoms with Crippen molar-refractivity contribution < 1.29 is 27.5 Å². The summed E-state index contributed by atoms with van der Waals surface area (Å²) in [5.74, 6) is -1.52. The number of likely N-dealkylation sites (tertiary alicyclic amines) is 1. The largest absolute Gasteiger partial charge is 0.481 e. The zero-order valence-electron chi connectivity index (χ0n) is 24.4. The van der Waals surface area contributed by atoms with Gasteiger partial charge in [0.2, 0.25) is 5.82 Å². The van der Waals surface area contributed by atoms with E-state index in [0.717, 1.165) is 36.8 Å². The fourth-order valence-corrected chi connectivity index (χ4v) is 7.14. The SMILES string of the molecule is CC[C@@H]1CCCN1Cc1sc(Nc2ncnc(N3CCN(CCC(=O)O)[C@@H](C)C3)c2F)nc1-c1ccc(Cl)c(C(F)(F)F)c1. The quantitative estimate of drug-likeness (QED) is 0.237. The molecule has 2 N–H and O–H groups in total. The van der Waals surface area contributed by atoms with Gasteiger partial charge in [0.1, 0.15) is 6.33 Å². The maximum absolute atomic E-state index is 15.8. The summed E-state index contributed by atoms with van der Waals surface area (Å²) < 4.78 is 56.9. The molecule has 0 saturated carbocycles. The number of hydrogen-bond acceptors (Lipinski definition) is 9. The monoisotopic (exact) mass is 655 g/mol. The molecule has 1 aromatic carbocycles. The van der Waals surface area contributed by atoms with Gasteiger partial charge >= 0.3 is 12.1 Å². The second-order valence-electron chi connectivity index (χ2n) is 11.1. The first-order chi connectivity index (χ1) is 20.9. The number of piperazine rings is 1. The first-order valence-corrected chi connectivity index (χ1v) is 15.7. The van der Waals surface area contributed by atoms with E-state index in [1.165, 1.54) is 29.8 Å². The van der Waals surface area contributed by atoms with Crippen LogP contribution in [0.3, 0.4) is 0 Å². The van der Waals surface area contributed by atoms with Gasteiger partial charge in [-0.05, 0) is 44.9 Å². The normalized spacial score (nSPS) is 19.9.